The predicted octanol–water partition coefficient (Wildman–Crippen LogP) is 2.25. The molecule has 1 rings (SSSR count). The number of anilines is 1. The zero-order valence-corrected chi connectivity index (χ0v) is 13.0. The van der Waals surface area contributed by atoms with Crippen molar-refractivity contribution in [1.82, 2.24) is 4.90 Å². The van der Waals surface area contributed by atoms with E-state index in [4.69, 9.17) is 10.00 Å². The number of para-hydroxylation sites is 1. The number of nitrogens with one attached hydrogen (secondary N) is 1. The molecule has 0 saturated heterocycles. The van der Waals surface area contributed by atoms with Crippen LogP contribution in [0.5, 0.6) is 0 Å². The van der Waals surface area contributed by atoms with Crippen LogP contribution in [0.25, 0.3) is 0 Å². The summed E-state index contributed by atoms with van der Waals surface area (Å²) in [6.45, 7) is 1.96. The van der Waals surface area contributed by atoms with Crippen LogP contribution in [0, 0.1) is 11.3 Å². The molecule has 0 fully saturated rings. The molecule has 0 atom stereocenters. The number of ether oxygens (including phenoxy) is 1. The fraction of sp³-hybridized carbons (Fsp3) is 0.429. The molecule has 1 aromatic rings. The molecule has 5 nitrogen and oxygen atoms in total. The summed E-state index contributed by atoms with van der Waals surface area (Å²) in [4.78, 5) is 13.9. The molecular formula is C14H18BrN3O2. The van der Waals surface area contributed by atoms with Gasteiger partial charge < -0.3 is 10.1 Å². The number of hydrogen-bond donors (Lipinski definition) is 1. The van der Waals surface area contributed by atoms with E-state index in [0.717, 1.165) is 10.2 Å². The molecule has 0 aliphatic rings. The summed E-state index contributed by atoms with van der Waals surface area (Å²) in [6, 6.07) is 9.53. The minimum absolute atomic E-state index is 0.106. The van der Waals surface area contributed by atoms with Crippen LogP contribution in [0.1, 0.15) is 6.42 Å². The van der Waals surface area contributed by atoms with Crippen molar-refractivity contribution in [2.24, 2.45) is 0 Å². The smallest absolute Gasteiger partial charge is 0.238 e. The molecule has 0 spiro atoms. The second kappa shape index (κ2) is 9.48. The molecule has 0 aromatic heterocycles. The zero-order chi connectivity index (χ0) is 14.8. The average molecular weight is 340 g/mol. The first-order valence-electron chi connectivity index (χ1n) is 6.30. The van der Waals surface area contributed by atoms with Crippen LogP contribution in [0.4, 0.5) is 5.69 Å². The summed E-state index contributed by atoms with van der Waals surface area (Å²) in [7, 11) is 1.61. The van der Waals surface area contributed by atoms with E-state index >= 15 is 0 Å². The van der Waals surface area contributed by atoms with Gasteiger partial charge in [-0.2, -0.15) is 5.26 Å². The molecular weight excluding hydrogens is 322 g/mol. The van der Waals surface area contributed by atoms with Crippen LogP contribution in [0.2, 0.25) is 0 Å². The van der Waals surface area contributed by atoms with Crippen LogP contribution in [0.15, 0.2) is 28.7 Å². The van der Waals surface area contributed by atoms with Gasteiger partial charge in [0.15, 0.2) is 0 Å². The predicted molar refractivity (Wildman–Crippen MR) is 81.3 cm³/mol. The lowest BCUT2D eigenvalue weighted by atomic mass is 10.3. The van der Waals surface area contributed by atoms with Crippen molar-refractivity contribution in [3.05, 3.63) is 28.7 Å². The molecule has 0 aliphatic heterocycles. The van der Waals surface area contributed by atoms with Gasteiger partial charge in [0, 0.05) is 31.1 Å². The Kier molecular flexibility index (Phi) is 7.88. The number of halogens is 1. The first kappa shape index (κ1) is 16.6. The zero-order valence-electron chi connectivity index (χ0n) is 11.4. The number of nitrogens with zero attached hydrogens (tertiary/aromatic N) is 2. The summed E-state index contributed by atoms with van der Waals surface area (Å²) in [6.07, 6.45) is 0.395. The Morgan fingerprint density at radius 1 is 1.45 bits per heavy atom. The van der Waals surface area contributed by atoms with Gasteiger partial charge in [-0.05, 0) is 28.1 Å². The van der Waals surface area contributed by atoms with Gasteiger partial charge in [-0.1, -0.05) is 12.1 Å². The molecule has 0 aliphatic carbocycles. The number of carbonyl (C=O) groups excluding carboxylic acids is 1. The molecule has 1 amide bonds. The third kappa shape index (κ3) is 6.15. The average Bonchev–Trinajstić information content (AvgIpc) is 2.44. The van der Waals surface area contributed by atoms with Gasteiger partial charge in [-0.3, -0.25) is 9.69 Å². The minimum atomic E-state index is -0.106. The van der Waals surface area contributed by atoms with Gasteiger partial charge in [-0.25, -0.2) is 0 Å². The maximum atomic E-state index is 12.0. The Hall–Kier alpha value is -1.42. The Labute approximate surface area is 127 Å². The minimum Gasteiger partial charge on any atom is -0.383 e. The Bertz CT molecular complexity index is 474. The normalized spacial score (nSPS) is 10.3. The lowest BCUT2D eigenvalue weighted by Gasteiger charge is -2.20. The Balaban J connectivity index is 2.52. The van der Waals surface area contributed by atoms with Gasteiger partial charge in [0.2, 0.25) is 5.91 Å². The largest absolute Gasteiger partial charge is 0.383 e. The van der Waals surface area contributed by atoms with E-state index in [2.05, 4.69) is 27.3 Å². The topological polar surface area (TPSA) is 65.4 Å². The van der Waals surface area contributed by atoms with Crippen LogP contribution in [0.3, 0.4) is 0 Å². The number of amides is 1. The fourth-order valence-corrected chi connectivity index (χ4v) is 2.04. The Morgan fingerprint density at radius 3 is 2.85 bits per heavy atom. The first-order chi connectivity index (χ1) is 9.67. The maximum absolute atomic E-state index is 12.0. The quantitative estimate of drug-likeness (QED) is 0.788. The van der Waals surface area contributed by atoms with E-state index in [9.17, 15) is 4.79 Å². The highest BCUT2D eigenvalue weighted by Gasteiger charge is 2.11. The van der Waals surface area contributed by atoms with Gasteiger partial charge in [0.05, 0.1) is 24.9 Å². The van der Waals surface area contributed by atoms with E-state index in [1.165, 1.54) is 0 Å². The van der Waals surface area contributed by atoms with Crippen molar-refractivity contribution >= 4 is 27.5 Å². The molecule has 1 aromatic carbocycles. The van der Waals surface area contributed by atoms with Crippen molar-refractivity contribution in [3.8, 4) is 6.07 Å². The molecule has 0 bridgehead atoms. The molecule has 0 radical (unpaired) electrons. The standard InChI is InChI=1S/C14H18BrN3O2/c1-20-10-9-18(8-4-7-16)11-14(19)17-13-6-3-2-5-12(13)15/h2-3,5-6H,4,8-11H2,1H3,(H,17,19). The van der Waals surface area contributed by atoms with Gasteiger partial charge in [0.25, 0.3) is 0 Å². The highest BCUT2D eigenvalue weighted by molar-refractivity contribution is 9.10. The summed E-state index contributed by atoms with van der Waals surface area (Å²) in [5.74, 6) is -0.106. The van der Waals surface area contributed by atoms with E-state index < -0.39 is 0 Å². The molecule has 0 unspecified atom stereocenters. The molecule has 1 N–H and O–H groups in total. The summed E-state index contributed by atoms with van der Waals surface area (Å²) in [5, 5.41) is 11.5. The number of benzene rings is 1. The fourth-order valence-electron chi connectivity index (χ4n) is 1.65. The van der Waals surface area contributed by atoms with E-state index in [1.54, 1.807) is 7.11 Å². The van der Waals surface area contributed by atoms with Crippen LogP contribution in [-0.4, -0.2) is 44.2 Å². The van der Waals surface area contributed by atoms with Crippen LogP contribution < -0.4 is 5.32 Å². The number of methoxy groups -OCH3 is 1. The maximum Gasteiger partial charge on any atom is 0.238 e. The highest BCUT2D eigenvalue weighted by atomic mass is 79.9. The van der Waals surface area contributed by atoms with E-state index in [0.29, 0.717) is 26.1 Å². The van der Waals surface area contributed by atoms with Gasteiger partial charge >= 0.3 is 0 Å². The second-order valence-electron chi connectivity index (χ2n) is 4.21. The lowest BCUT2D eigenvalue weighted by Crippen LogP contribution is -2.36. The summed E-state index contributed by atoms with van der Waals surface area (Å²) >= 11 is 3.38. The third-order valence-electron chi connectivity index (χ3n) is 2.67. The molecule has 6 heteroatoms. The molecule has 0 heterocycles. The number of rotatable bonds is 8. The van der Waals surface area contributed by atoms with Crippen molar-refractivity contribution in [2.75, 3.05) is 38.7 Å². The van der Waals surface area contributed by atoms with Gasteiger partial charge in [-0.15, -0.1) is 0 Å². The first-order valence-corrected chi connectivity index (χ1v) is 7.09. The third-order valence-corrected chi connectivity index (χ3v) is 3.36. The molecule has 20 heavy (non-hydrogen) atoms. The Morgan fingerprint density at radius 2 is 2.20 bits per heavy atom. The highest BCUT2D eigenvalue weighted by Crippen LogP contribution is 2.20. The van der Waals surface area contributed by atoms with Crippen molar-refractivity contribution in [1.29, 1.82) is 5.26 Å². The van der Waals surface area contributed by atoms with Crippen LogP contribution >= 0.6 is 15.9 Å². The number of carbonyl (C=O) groups is 1. The summed E-state index contributed by atoms with van der Waals surface area (Å²) in [5.41, 5.74) is 0.740. The number of nitriles is 1. The molecule has 0 saturated carbocycles. The van der Waals surface area contributed by atoms with Crippen molar-refractivity contribution in [3.63, 3.8) is 0 Å². The van der Waals surface area contributed by atoms with Crippen LogP contribution in [-0.2, 0) is 9.53 Å². The number of hydrogen-bond acceptors (Lipinski definition) is 4. The SMILES string of the molecule is COCCN(CCC#N)CC(=O)Nc1ccccc1Br. The van der Waals surface area contributed by atoms with Crippen molar-refractivity contribution in [2.45, 2.75) is 6.42 Å². The van der Waals surface area contributed by atoms with E-state index in [1.807, 2.05) is 29.2 Å². The van der Waals surface area contributed by atoms with Crippen molar-refractivity contribution < 1.29 is 9.53 Å². The second-order valence-corrected chi connectivity index (χ2v) is 5.06. The van der Waals surface area contributed by atoms with Gasteiger partial charge in [0.1, 0.15) is 0 Å². The monoisotopic (exact) mass is 339 g/mol. The summed E-state index contributed by atoms with van der Waals surface area (Å²) < 4.78 is 5.85. The van der Waals surface area contributed by atoms with E-state index in [-0.39, 0.29) is 12.5 Å². The molecule has 108 valence electrons. The lowest BCUT2D eigenvalue weighted by molar-refractivity contribution is -0.117.